The first kappa shape index (κ1) is 16.3. The maximum absolute atomic E-state index is 13.4. The summed E-state index contributed by atoms with van der Waals surface area (Å²) in [5.74, 6) is -1.23. The van der Waals surface area contributed by atoms with Crippen LogP contribution in [0.5, 0.6) is 0 Å². The number of benzene rings is 1. The van der Waals surface area contributed by atoms with E-state index in [1.807, 2.05) is 0 Å². The minimum absolute atomic E-state index is 0.309. The van der Waals surface area contributed by atoms with Crippen LogP contribution in [0, 0.1) is 22.6 Å². The summed E-state index contributed by atoms with van der Waals surface area (Å²) in [4.78, 5) is 11.2. The molecule has 0 unspecified atom stereocenters. The number of sulfonamides is 1. The van der Waals surface area contributed by atoms with Crippen LogP contribution in [-0.4, -0.2) is 20.7 Å². The Balaban J connectivity index is 3.06. The van der Waals surface area contributed by atoms with Gasteiger partial charge in [0.25, 0.3) is 0 Å². The number of nitrogens with zero attached hydrogens (tertiary/aromatic N) is 1. The van der Waals surface area contributed by atoms with E-state index >= 15 is 0 Å². The van der Waals surface area contributed by atoms with Crippen LogP contribution < -0.4 is 4.72 Å². The van der Waals surface area contributed by atoms with Gasteiger partial charge in [-0.25, -0.2) is 17.5 Å². The SMILES string of the molecule is CC(C)(C)C(=O)CNS(=O)(=O)c1cccc(F)c1C#N. The highest BCUT2D eigenvalue weighted by Crippen LogP contribution is 2.18. The van der Waals surface area contributed by atoms with Gasteiger partial charge in [0.2, 0.25) is 10.0 Å². The lowest BCUT2D eigenvalue weighted by molar-refractivity contribution is -0.125. The molecule has 0 radical (unpaired) electrons. The van der Waals surface area contributed by atoms with Crippen molar-refractivity contribution in [2.75, 3.05) is 6.54 Å². The van der Waals surface area contributed by atoms with E-state index in [-0.39, 0.29) is 5.78 Å². The molecule has 0 spiro atoms. The number of nitrogens with one attached hydrogen (secondary N) is 1. The van der Waals surface area contributed by atoms with Crippen molar-refractivity contribution in [1.29, 1.82) is 5.26 Å². The molecule has 0 atom stereocenters. The Morgan fingerprint density at radius 2 is 2.00 bits per heavy atom. The fourth-order valence-electron chi connectivity index (χ4n) is 1.34. The average molecular weight is 298 g/mol. The Hall–Kier alpha value is -1.78. The summed E-state index contributed by atoms with van der Waals surface area (Å²) < 4.78 is 39.5. The molecule has 1 N–H and O–H groups in total. The van der Waals surface area contributed by atoms with Crippen LogP contribution in [0.4, 0.5) is 4.39 Å². The Labute approximate surface area is 117 Å². The molecule has 0 saturated heterocycles. The lowest BCUT2D eigenvalue weighted by Gasteiger charge is -2.17. The number of hydrogen-bond acceptors (Lipinski definition) is 4. The summed E-state index contributed by atoms with van der Waals surface area (Å²) in [6, 6.07) is 4.81. The maximum Gasteiger partial charge on any atom is 0.242 e. The van der Waals surface area contributed by atoms with Gasteiger partial charge in [0.1, 0.15) is 22.3 Å². The third-order valence-corrected chi connectivity index (χ3v) is 4.08. The van der Waals surface area contributed by atoms with Gasteiger partial charge in [0, 0.05) is 5.41 Å². The highest BCUT2D eigenvalue weighted by atomic mass is 32.2. The van der Waals surface area contributed by atoms with Gasteiger partial charge in [-0.2, -0.15) is 5.26 Å². The summed E-state index contributed by atoms with van der Waals surface area (Å²) in [6.07, 6.45) is 0. The number of halogens is 1. The van der Waals surface area contributed by atoms with Gasteiger partial charge in [-0.1, -0.05) is 26.8 Å². The van der Waals surface area contributed by atoms with Crippen LogP contribution in [0.3, 0.4) is 0 Å². The van der Waals surface area contributed by atoms with Crippen molar-refractivity contribution in [2.45, 2.75) is 25.7 Å². The van der Waals surface area contributed by atoms with E-state index in [1.165, 1.54) is 12.1 Å². The fourth-order valence-corrected chi connectivity index (χ4v) is 2.49. The lowest BCUT2D eigenvalue weighted by Crippen LogP contribution is -2.35. The molecule has 1 rings (SSSR count). The molecular weight excluding hydrogens is 283 g/mol. The minimum Gasteiger partial charge on any atom is -0.298 e. The molecule has 1 aromatic rings. The summed E-state index contributed by atoms with van der Waals surface area (Å²) in [5, 5.41) is 8.82. The van der Waals surface area contributed by atoms with E-state index in [4.69, 9.17) is 5.26 Å². The zero-order valence-electron chi connectivity index (χ0n) is 11.4. The van der Waals surface area contributed by atoms with Crippen molar-refractivity contribution in [2.24, 2.45) is 5.41 Å². The highest BCUT2D eigenvalue weighted by Gasteiger charge is 2.25. The number of nitriles is 1. The molecule has 0 amide bonds. The maximum atomic E-state index is 13.4. The third-order valence-electron chi connectivity index (χ3n) is 2.64. The molecule has 108 valence electrons. The molecule has 1 aromatic carbocycles. The molecule has 0 fully saturated rings. The lowest BCUT2D eigenvalue weighted by atomic mass is 9.91. The molecule has 0 aliphatic heterocycles. The molecular formula is C13H15FN2O3S. The largest absolute Gasteiger partial charge is 0.298 e. The quantitative estimate of drug-likeness (QED) is 0.914. The second-order valence-electron chi connectivity index (χ2n) is 5.22. The Morgan fingerprint density at radius 3 is 2.50 bits per heavy atom. The number of ketones is 1. The molecule has 0 bridgehead atoms. The monoisotopic (exact) mass is 298 g/mol. The minimum atomic E-state index is -4.11. The Morgan fingerprint density at radius 1 is 1.40 bits per heavy atom. The van der Waals surface area contributed by atoms with Crippen LogP contribution in [0.1, 0.15) is 26.3 Å². The van der Waals surface area contributed by atoms with Gasteiger partial charge < -0.3 is 0 Å². The zero-order chi connectivity index (χ0) is 15.6. The standard InChI is InChI=1S/C13H15FN2O3S/c1-13(2,3)12(17)8-16-20(18,19)11-6-4-5-10(14)9(11)7-15/h4-6,16H,8H2,1-3H3. The van der Waals surface area contributed by atoms with Gasteiger partial charge in [-0.15, -0.1) is 0 Å². The summed E-state index contributed by atoms with van der Waals surface area (Å²) >= 11 is 0. The van der Waals surface area contributed by atoms with Crippen LogP contribution in [-0.2, 0) is 14.8 Å². The zero-order valence-corrected chi connectivity index (χ0v) is 12.2. The van der Waals surface area contributed by atoms with E-state index in [9.17, 15) is 17.6 Å². The molecule has 0 saturated carbocycles. The first-order chi connectivity index (χ1) is 9.09. The number of Topliss-reactive ketones (excluding diaryl/α,β-unsaturated/α-hetero) is 1. The molecule has 7 heteroatoms. The number of carbonyl (C=O) groups excluding carboxylic acids is 1. The van der Waals surface area contributed by atoms with Crippen LogP contribution >= 0.6 is 0 Å². The highest BCUT2D eigenvalue weighted by molar-refractivity contribution is 7.89. The normalized spacial score (nSPS) is 11.9. The van der Waals surface area contributed by atoms with Gasteiger partial charge in [0.15, 0.2) is 5.78 Å². The van der Waals surface area contributed by atoms with Crippen molar-refractivity contribution >= 4 is 15.8 Å². The van der Waals surface area contributed by atoms with E-state index in [0.29, 0.717) is 0 Å². The van der Waals surface area contributed by atoms with Gasteiger partial charge >= 0.3 is 0 Å². The molecule has 0 aliphatic carbocycles. The number of carbonyl (C=O) groups is 1. The summed E-state index contributed by atoms with van der Waals surface area (Å²) in [7, 11) is -4.11. The van der Waals surface area contributed by atoms with Crippen molar-refractivity contribution in [3.05, 3.63) is 29.6 Å². The molecule has 5 nitrogen and oxygen atoms in total. The Kier molecular flexibility index (Phi) is 4.63. The van der Waals surface area contributed by atoms with E-state index in [1.54, 1.807) is 20.8 Å². The van der Waals surface area contributed by atoms with E-state index in [0.717, 1.165) is 12.1 Å². The summed E-state index contributed by atoms with van der Waals surface area (Å²) in [5.41, 5.74) is -1.26. The van der Waals surface area contributed by atoms with Crippen molar-refractivity contribution < 1.29 is 17.6 Å². The molecule has 0 aliphatic rings. The predicted octanol–water partition coefficient (Wildman–Crippen LogP) is 1.59. The molecule has 20 heavy (non-hydrogen) atoms. The van der Waals surface area contributed by atoms with Gasteiger partial charge in [-0.05, 0) is 12.1 Å². The van der Waals surface area contributed by atoms with Crippen molar-refractivity contribution in [3.63, 3.8) is 0 Å². The third kappa shape index (κ3) is 3.62. The fraction of sp³-hybridized carbons (Fsp3) is 0.385. The number of rotatable bonds is 4. The van der Waals surface area contributed by atoms with E-state index in [2.05, 4.69) is 4.72 Å². The van der Waals surface area contributed by atoms with Crippen molar-refractivity contribution in [3.8, 4) is 6.07 Å². The summed E-state index contributed by atoms with van der Waals surface area (Å²) in [6.45, 7) is 4.57. The molecule has 0 aromatic heterocycles. The number of hydrogen-bond donors (Lipinski definition) is 1. The van der Waals surface area contributed by atoms with E-state index < -0.39 is 38.3 Å². The first-order valence-corrected chi connectivity index (χ1v) is 7.29. The Bertz CT molecular complexity index is 670. The van der Waals surface area contributed by atoms with Crippen LogP contribution in [0.25, 0.3) is 0 Å². The second-order valence-corrected chi connectivity index (χ2v) is 6.96. The average Bonchev–Trinajstić information content (AvgIpc) is 2.34. The van der Waals surface area contributed by atoms with Crippen LogP contribution in [0.15, 0.2) is 23.1 Å². The van der Waals surface area contributed by atoms with Gasteiger partial charge in [-0.3, -0.25) is 4.79 Å². The first-order valence-electron chi connectivity index (χ1n) is 5.81. The van der Waals surface area contributed by atoms with Crippen molar-refractivity contribution in [1.82, 2.24) is 4.72 Å². The second kappa shape index (κ2) is 5.69. The van der Waals surface area contributed by atoms with Crippen LogP contribution in [0.2, 0.25) is 0 Å². The van der Waals surface area contributed by atoms with Gasteiger partial charge in [0.05, 0.1) is 6.54 Å². The smallest absolute Gasteiger partial charge is 0.242 e. The topological polar surface area (TPSA) is 87.0 Å². The predicted molar refractivity (Wildman–Crippen MR) is 70.8 cm³/mol. The molecule has 0 heterocycles.